The minimum Gasteiger partial charge on any atom is -0.491 e. The van der Waals surface area contributed by atoms with Crippen molar-refractivity contribution in [3.8, 4) is 5.75 Å². The number of anilines is 1. The van der Waals surface area contributed by atoms with E-state index in [1.165, 1.54) is 5.56 Å². The summed E-state index contributed by atoms with van der Waals surface area (Å²) in [6.07, 6.45) is -4.10. The van der Waals surface area contributed by atoms with Gasteiger partial charge in [-0.1, -0.05) is 32.9 Å². The van der Waals surface area contributed by atoms with Gasteiger partial charge in [-0.25, -0.2) is 9.97 Å². The van der Waals surface area contributed by atoms with Crippen LogP contribution in [-0.4, -0.2) is 47.4 Å². The highest BCUT2D eigenvalue weighted by Gasteiger charge is 2.32. The van der Waals surface area contributed by atoms with Crippen LogP contribution < -0.4 is 15.4 Å². The first-order chi connectivity index (χ1) is 13.6. The molecule has 0 saturated heterocycles. The summed E-state index contributed by atoms with van der Waals surface area (Å²) >= 11 is 0. The third-order valence-corrected chi connectivity index (χ3v) is 4.18. The van der Waals surface area contributed by atoms with Crippen molar-refractivity contribution >= 4 is 5.95 Å². The number of rotatable bonds is 9. The standard InChI is InChI=1S/C20H27F3N4O2/c1-19(2,3)14-4-6-16(7-5-14)29-13-15(28)12-24-10-11-26-18-25-9-8-17(27-18)20(21,22)23/h4-9,15,24,28H,10-13H2,1-3H3,(H,25,26,27)/p+1/t15-/m1/s1. The maximum Gasteiger partial charge on any atom is 0.433 e. The van der Waals surface area contributed by atoms with Crippen LogP contribution in [0.25, 0.3) is 0 Å². The van der Waals surface area contributed by atoms with Gasteiger partial charge in [-0.15, -0.1) is 0 Å². The molecule has 0 aliphatic heterocycles. The van der Waals surface area contributed by atoms with Crippen molar-refractivity contribution < 1.29 is 28.3 Å². The summed E-state index contributed by atoms with van der Waals surface area (Å²) in [7, 11) is 0. The highest BCUT2D eigenvalue weighted by atomic mass is 19.4. The van der Waals surface area contributed by atoms with E-state index in [0.717, 1.165) is 12.3 Å². The SMILES string of the molecule is CC(C)(C)c1ccc(OC[C@H](O)C[NH2+]CCNc2nccc(C(F)(F)F)n2)cc1. The second-order valence-corrected chi connectivity index (χ2v) is 7.74. The number of nitrogens with zero attached hydrogens (tertiary/aromatic N) is 2. The Bertz CT molecular complexity index is 762. The van der Waals surface area contributed by atoms with E-state index in [2.05, 4.69) is 36.1 Å². The molecule has 2 aromatic rings. The van der Waals surface area contributed by atoms with Crippen LogP contribution in [0.1, 0.15) is 32.0 Å². The van der Waals surface area contributed by atoms with Crippen molar-refractivity contribution in [1.29, 1.82) is 0 Å². The van der Waals surface area contributed by atoms with Gasteiger partial charge in [0.25, 0.3) is 0 Å². The van der Waals surface area contributed by atoms with Crippen LogP contribution in [0.3, 0.4) is 0 Å². The Morgan fingerprint density at radius 1 is 1.14 bits per heavy atom. The van der Waals surface area contributed by atoms with E-state index in [1.807, 2.05) is 29.6 Å². The molecule has 29 heavy (non-hydrogen) atoms. The van der Waals surface area contributed by atoms with Crippen molar-refractivity contribution in [3.05, 3.63) is 47.8 Å². The summed E-state index contributed by atoms with van der Waals surface area (Å²) < 4.78 is 43.4. The molecule has 0 amide bonds. The summed E-state index contributed by atoms with van der Waals surface area (Å²) in [5.74, 6) is 0.622. The first-order valence-corrected chi connectivity index (χ1v) is 9.43. The van der Waals surface area contributed by atoms with E-state index < -0.39 is 18.0 Å². The molecule has 1 atom stereocenters. The minimum atomic E-state index is -4.50. The molecule has 6 nitrogen and oxygen atoms in total. The van der Waals surface area contributed by atoms with E-state index in [9.17, 15) is 18.3 Å². The largest absolute Gasteiger partial charge is 0.491 e. The van der Waals surface area contributed by atoms with Crippen LogP contribution in [0.15, 0.2) is 36.5 Å². The average molecular weight is 413 g/mol. The Balaban J connectivity index is 1.64. The first-order valence-electron chi connectivity index (χ1n) is 9.43. The van der Waals surface area contributed by atoms with Crippen LogP contribution >= 0.6 is 0 Å². The molecule has 0 bridgehead atoms. The zero-order valence-corrected chi connectivity index (χ0v) is 16.8. The second-order valence-electron chi connectivity index (χ2n) is 7.74. The fourth-order valence-electron chi connectivity index (χ4n) is 2.51. The van der Waals surface area contributed by atoms with E-state index >= 15 is 0 Å². The molecule has 2 rings (SSSR count). The summed E-state index contributed by atoms with van der Waals surface area (Å²) in [6.45, 7) is 7.88. The highest BCUT2D eigenvalue weighted by Crippen LogP contribution is 2.27. The molecule has 160 valence electrons. The molecule has 1 heterocycles. The Labute approximate surface area is 168 Å². The Morgan fingerprint density at radius 3 is 2.45 bits per heavy atom. The molecule has 1 aromatic heterocycles. The minimum absolute atomic E-state index is 0.0696. The van der Waals surface area contributed by atoms with E-state index in [4.69, 9.17) is 4.74 Å². The predicted molar refractivity (Wildman–Crippen MR) is 104 cm³/mol. The lowest BCUT2D eigenvalue weighted by molar-refractivity contribution is -0.658. The van der Waals surface area contributed by atoms with Gasteiger partial charge in [-0.3, -0.25) is 0 Å². The van der Waals surface area contributed by atoms with Crippen molar-refractivity contribution in [2.75, 3.05) is 31.6 Å². The second kappa shape index (κ2) is 9.89. The van der Waals surface area contributed by atoms with Gasteiger partial charge >= 0.3 is 6.18 Å². The molecule has 9 heteroatoms. The van der Waals surface area contributed by atoms with Crippen molar-refractivity contribution in [1.82, 2.24) is 9.97 Å². The molecule has 0 aliphatic carbocycles. The van der Waals surface area contributed by atoms with E-state index in [1.54, 1.807) is 0 Å². The van der Waals surface area contributed by atoms with Crippen molar-refractivity contribution in [2.45, 2.75) is 38.5 Å². The molecule has 0 spiro atoms. The third-order valence-electron chi connectivity index (χ3n) is 4.18. The lowest BCUT2D eigenvalue weighted by Crippen LogP contribution is -2.87. The molecule has 1 aromatic carbocycles. The van der Waals surface area contributed by atoms with Gasteiger partial charge in [0, 0.05) is 6.20 Å². The van der Waals surface area contributed by atoms with Crippen LogP contribution in [0.2, 0.25) is 0 Å². The number of aromatic nitrogens is 2. The van der Waals surface area contributed by atoms with Gasteiger partial charge in [0.15, 0.2) is 0 Å². The number of hydrogen-bond donors (Lipinski definition) is 3. The average Bonchev–Trinajstić information content (AvgIpc) is 2.65. The lowest BCUT2D eigenvalue weighted by Gasteiger charge is -2.19. The third kappa shape index (κ3) is 7.86. The summed E-state index contributed by atoms with van der Waals surface area (Å²) in [4.78, 5) is 7.19. The number of aliphatic hydroxyl groups is 1. The van der Waals surface area contributed by atoms with Crippen LogP contribution in [-0.2, 0) is 11.6 Å². The zero-order valence-electron chi connectivity index (χ0n) is 16.8. The summed E-state index contributed by atoms with van der Waals surface area (Å²) in [6, 6.07) is 8.61. The topological polar surface area (TPSA) is 83.9 Å². The monoisotopic (exact) mass is 413 g/mol. The lowest BCUT2D eigenvalue weighted by atomic mass is 9.87. The van der Waals surface area contributed by atoms with Gasteiger partial charge in [-0.05, 0) is 29.2 Å². The Kier molecular flexibility index (Phi) is 7.80. The van der Waals surface area contributed by atoms with Crippen LogP contribution in [0, 0.1) is 0 Å². The smallest absolute Gasteiger partial charge is 0.433 e. The maximum atomic E-state index is 12.6. The predicted octanol–water partition coefficient (Wildman–Crippen LogP) is 2.21. The quantitative estimate of drug-likeness (QED) is 0.549. The summed E-state index contributed by atoms with van der Waals surface area (Å²) in [5, 5.41) is 14.6. The number of hydrogen-bond acceptors (Lipinski definition) is 5. The molecule has 0 fully saturated rings. The first kappa shape index (κ1) is 22.9. The normalized spacial score (nSPS) is 13.2. The number of halogens is 3. The highest BCUT2D eigenvalue weighted by molar-refractivity contribution is 5.31. The molecule has 0 aliphatic rings. The maximum absolute atomic E-state index is 12.6. The van der Waals surface area contributed by atoms with Gasteiger partial charge in [0.2, 0.25) is 5.95 Å². The number of quaternary nitrogens is 1. The Morgan fingerprint density at radius 2 is 1.83 bits per heavy atom. The summed E-state index contributed by atoms with van der Waals surface area (Å²) in [5.41, 5.74) is 0.290. The van der Waals surface area contributed by atoms with Crippen LogP contribution in [0.5, 0.6) is 5.75 Å². The molecule has 0 radical (unpaired) electrons. The number of nitrogens with one attached hydrogen (secondary N) is 1. The number of ether oxygens (including phenoxy) is 1. The fourth-order valence-corrected chi connectivity index (χ4v) is 2.51. The van der Waals surface area contributed by atoms with Gasteiger partial charge in [0.1, 0.15) is 30.7 Å². The van der Waals surface area contributed by atoms with Crippen LogP contribution in [0.4, 0.5) is 19.1 Å². The fraction of sp³-hybridized carbons (Fsp3) is 0.500. The number of benzene rings is 1. The number of aliphatic hydroxyl groups excluding tert-OH is 1. The van der Waals surface area contributed by atoms with Crippen molar-refractivity contribution in [2.24, 2.45) is 0 Å². The van der Waals surface area contributed by atoms with Crippen molar-refractivity contribution in [3.63, 3.8) is 0 Å². The van der Waals surface area contributed by atoms with E-state index in [0.29, 0.717) is 25.4 Å². The van der Waals surface area contributed by atoms with E-state index in [-0.39, 0.29) is 18.0 Å². The number of nitrogens with two attached hydrogens (primary N) is 1. The molecular formula is C20H28F3N4O2+. The van der Waals surface area contributed by atoms with Gasteiger partial charge < -0.3 is 20.5 Å². The molecule has 4 N–H and O–H groups in total. The Hall–Kier alpha value is -2.39. The zero-order chi connectivity index (χ0) is 21.5. The molecular weight excluding hydrogens is 385 g/mol. The molecule has 0 unspecified atom stereocenters. The number of alkyl halides is 3. The van der Waals surface area contributed by atoms with Gasteiger partial charge in [-0.2, -0.15) is 13.2 Å². The van der Waals surface area contributed by atoms with Gasteiger partial charge in [0.05, 0.1) is 13.1 Å². The molecule has 0 saturated carbocycles.